The Morgan fingerprint density at radius 3 is 2.61 bits per heavy atom. The van der Waals surface area contributed by atoms with Gasteiger partial charge in [0.2, 0.25) is 5.91 Å². The summed E-state index contributed by atoms with van der Waals surface area (Å²) in [5.41, 5.74) is 7.01. The van der Waals surface area contributed by atoms with Crippen molar-refractivity contribution in [1.82, 2.24) is 4.90 Å². The number of nitrogens with two attached hydrogens (primary N) is 1. The zero-order chi connectivity index (χ0) is 21.6. The number of primary amides is 1. The van der Waals surface area contributed by atoms with Crippen LogP contribution in [-0.2, 0) is 9.59 Å². The van der Waals surface area contributed by atoms with Crippen molar-refractivity contribution in [2.45, 2.75) is 25.3 Å². The van der Waals surface area contributed by atoms with E-state index in [9.17, 15) is 9.59 Å². The predicted octanol–water partition coefficient (Wildman–Crippen LogP) is 3.09. The summed E-state index contributed by atoms with van der Waals surface area (Å²) in [5, 5.41) is 0. The number of carbonyl (C=O) groups is 2. The van der Waals surface area contributed by atoms with Crippen LogP contribution in [0.4, 0.5) is 0 Å². The van der Waals surface area contributed by atoms with Crippen molar-refractivity contribution in [3.05, 3.63) is 59.7 Å². The van der Waals surface area contributed by atoms with Crippen molar-refractivity contribution in [3.63, 3.8) is 0 Å². The first-order chi connectivity index (χ1) is 15.1. The number of fused-ring (bicyclic) bond motifs is 1. The molecule has 0 aromatic heterocycles. The van der Waals surface area contributed by atoms with E-state index in [4.69, 9.17) is 19.9 Å². The van der Waals surface area contributed by atoms with Gasteiger partial charge in [0.15, 0.2) is 18.1 Å². The summed E-state index contributed by atoms with van der Waals surface area (Å²) in [6.07, 6.45) is 6.13. The second kappa shape index (κ2) is 9.55. The Morgan fingerprint density at radius 2 is 1.84 bits per heavy atom. The van der Waals surface area contributed by atoms with Crippen molar-refractivity contribution < 1.29 is 23.8 Å². The van der Waals surface area contributed by atoms with Gasteiger partial charge >= 0.3 is 0 Å². The predicted molar refractivity (Wildman–Crippen MR) is 116 cm³/mol. The summed E-state index contributed by atoms with van der Waals surface area (Å²) in [6, 6.07) is 13.1. The molecule has 2 aromatic rings. The fourth-order valence-corrected chi connectivity index (χ4v) is 3.86. The Labute approximate surface area is 181 Å². The number of amides is 2. The monoisotopic (exact) mass is 422 g/mol. The van der Waals surface area contributed by atoms with Crippen LogP contribution < -0.4 is 19.9 Å². The Bertz CT molecular complexity index is 970. The third kappa shape index (κ3) is 5.17. The van der Waals surface area contributed by atoms with Crippen LogP contribution >= 0.6 is 0 Å². The minimum absolute atomic E-state index is 0.0244. The van der Waals surface area contributed by atoms with Crippen molar-refractivity contribution in [3.8, 4) is 17.2 Å². The molecule has 0 aliphatic carbocycles. The number of likely N-dealkylation sites (tertiary alicyclic amines) is 1. The van der Waals surface area contributed by atoms with Gasteiger partial charge in [-0.25, -0.2) is 0 Å². The van der Waals surface area contributed by atoms with E-state index >= 15 is 0 Å². The average Bonchev–Trinajstić information content (AvgIpc) is 3.15. The number of ether oxygens (including phenoxy) is 3. The minimum atomic E-state index is -0.525. The van der Waals surface area contributed by atoms with E-state index in [0.717, 1.165) is 48.4 Å². The van der Waals surface area contributed by atoms with E-state index in [-0.39, 0.29) is 18.6 Å². The van der Waals surface area contributed by atoms with Gasteiger partial charge in [-0.1, -0.05) is 18.2 Å². The van der Waals surface area contributed by atoms with Gasteiger partial charge in [-0.15, -0.1) is 0 Å². The van der Waals surface area contributed by atoms with Gasteiger partial charge < -0.3 is 24.8 Å². The summed E-state index contributed by atoms with van der Waals surface area (Å²) in [4.78, 5) is 25.6. The van der Waals surface area contributed by atoms with Crippen LogP contribution in [0.1, 0.15) is 36.4 Å². The smallest absolute Gasteiger partial charge is 0.255 e. The van der Waals surface area contributed by atoms with Gasteiger partial charge in [0.1, 0.15) is 5.75 Å². The molecular weight excluding hydrogens is 396 g/mol. The second-order valence-electron chi connectivity index (χ2n) is 7.60. The van der Waals surface area contributed by atoms with Crippen LogP contribution in [0.25, 0.3) is 6.08 Å². The third-order valence-corrected chi connectivity index (χ3v) is 5.37. The number of benzene rings is 2. The molecule has 7 heteroatoms. The highest BCUT2D eigenvalue weighted by Crippen LogP contribution is 2.38. The van der Waals surface area contributed by atoms with Gasteiger partial charge in [0.05, 0.1) is 19.3 Å². The maximum absolute atomic E-state index is 12.9. The molecule has 2 aliphatic heterocycles. The molecule has 2 aromatic carbocycles. The summed E-state index contributed by atoms with van der Waals surface area (Å²) >= 11 is 0. The first kappa shape index (κ1) is 20.8. The molecule has 162 valence electrons. The molecule has 0 radical (unpaired) electrons. The molecule has 2 aliphatic rings. The standard InChI is InChI=1S/C24H26N2O5/c25-23(27)16-31-19-8-4-17(5-9-19)6-11-24(28)26-12-1-3-20(26)18-7-10-21-22(15-18)30-14-2-13-29-21/h4-11,15,20H,1-3,12-14,16H2,(H2,25,27)/b11-6+/t20-/m0/s1. The van der Waals surface area contributed by atoms with Crippen LogP contribution in [-0.4, -0.2) is 43.1 Å². The molecule has 0 spiro atoms. The van der Waals surface area contributed by atoms with Crippen molar-refractivity contribution in [2.24, 2.45) is 5.73 Å². The Morgan fingerprint density at radius 1 is 1.06 bits per heavy atom. The van der Waals surface area contributed by atoms with Crippen molar-refractivity contribution >= 4 is 17.9 Å². The molecule has 1 saturated heterocycles. The molecule has 31 heavy (non-hydrogen) atoms. The van der Waals surface area contributed by atoms with Gasteiger partial charge in [-0.05, 0) is 54.3 Å². The number of carbonyl (C=O) groups excluding carboxylic acids is 2. The van der Waals surface area contributed by atoms with Crippen molar-refractivity contribution in [1.29, 1.82) is 0 Å². The molecule has 7 nitrogen and oxygen atoms in total. The maximum atomic E-state index is 12.9. The third-order valence-electron chi connectivity index (χ3n) is 5.37. The average molecular weight is 422 g/mol. The van der Waals surface area contributed by atoms with E-state index in [1.165, 1.54) is 0 Å². The SMILES string of the molecule is NC(=O)COc1ccc(/C=C/C(=O)N2CCC[C@H]2c2ccc3c(c2)OCCCO3)cc1. The zero-order valence-electron chi connectivity index (χ0n) is 17.3. The quantitative estimate of drug-likeness (QED) is 0.723. The number of nitrogens with zero attached hydrogens (tertiary/aromatic N) is 1. The first-order valence-electron chi connectivity index (χ1n) is 10.5. The Hall–Kier alpha value is -3.48. The van der Waals surface area contributed by atoms with Gasteiger partial charge in [0, 0.05) is 19.0 Å². The van der Waals surface area contributed by atoms with Crippen LogP contribution in [0.3, 0.4) is 0 Å². The van der Waals surface area contributed by atoms with Gasteiger partial charge in [-0.3, -0.25) is 9.59 Å². The number of hydrogen-bond donors (Lipinski definition) is 1. The second-order valence-corrected chi connectivity index (χ2v) is 7.60. The summed E-state index contributed by atoms with van der Waals surface area (Å²) in [5.74, 6) is 1.52. The molecule has 0 saturated carbocycles. The first-order valence-corrected chi connectivity index (χ1v) is 10.5. The van der Waals surface area contributed by atoms with E-state index in [1.54, 1.807) is 24.3 Å². The minimum Gasteiger partial charge on any atom is -0.490 e. The normalized spacial score (nSPS) is 18.1. The zero-order valence-corrected chi connectivity index (χ0v) is 17.3. The number of rotatable bonds is 6. The highest BCUT2D eigenvalue weighted by Gasteiger charge is 2.29. The Balaban J connectivity index is 1.42. The van der Waals surface area contributed by atoms with Crippen LogP contribution in [0.15, 0.2) is 48.5 Å². The largest absolute Gasteiger partial charge is 0.490 e. The van der Waals surface area contributed by atoms with E-state index in [2.05, 4.69) is 0 Å². The molecule has 2 amide bonds. The van der Waals surface area contributed by atoms with Crippen LogP contribution in [0.2, 0.25) is 0 Å². The lowest BCUT2D eigenvalue weighted by Crippen LogP contribution is -2.28. The van der Waals surface area contributed by atoms with Gasteiger partial charge in [0.25, 0.3) is 5.91 Å². The van der Waals surface area contributed by atoms with E-state index in [0.29, 0.717) is 19.0 Å². The van der Waals surface area contributed by atoms with Crippen molar-refractivity contribution in [2.75, 3.05) is 26.4 Å². The molecule has 2 N–H and O–H groups in total. The number of hydrogen-bond acceptors (Lipinski definition) is 5. The summed E-state index contributed by atoms with van der Waals surface area (Å²) in [7, 11) is 0. The highest BCUT2D eigenvalue weighted by atomic mass is 16.5. The molecule has 0 unspecified atom stereocenters. The molecule has 1 atom stereocenters. The molecule has 4 rings (SSSR count). The maximum Gasteiger partial charge on any atom is 0.255 e. The Kier molecular flexibility index (Phi) is 6.40. The fraction of sp³-hybridized carbons (Fsp3) is 0.333. The summed E-state index contributed by atoms with van der Waals surface area (Å²) in [6.45, 7) is 1.86. The van der Waals surface area contributed by atoms with E-state index < -0.39 is 5.91 Å². The molecular formula is C24H26N2O5. The lowest BCUT2D eigenvalue weighted by Gasteiger charge is -2.24. The van der Waals surface area contributed by atoms with Crippen LogP contribution in [0.5, 0.6) is 17.2 Å². The highest BCUT2D eigenvalue weighted by molar-refractivity contribution is 5.92. The lowest BCUT2D eigenvalue weighted by molar-refractivity contribution is -0.126. The fourth-order valence-electron chi connectivity index (χ4n) is 3.86. The summed E-state index contributed by atoms with van der Waals surface area (Å²) < 4.78 is 16.8. The lowest BCUT2D eigenvalue weighted by atomic mass is 10.0. The van der Waals surface area contributed by atoms with Gasteiger partial charge in [-0.2, -0.15) is 0 Å². The topological polar surface area (TPSA) is 91.1 Å². The van der Waals surface area contributed by atoms with Crippen LogP contribution in [0, 0.1) is 0 Å². The van der Waals surface area contributed by atoms with E-state index in [1.807, 2.05) is 35.2 Å². The molecule has 2 heterocycles. The molecule has 0 bridgehead atoms. The molecule has 1 fully saturated rings.